The Bertz CT molecular complexity index is 107. The maximum absolute atomic E-state index is 10.6. The van der Waals surface area contributed by atoms with Crippen LogP contribution in [0.2, 0.25) is 0 Å². The lowest BCUT2D eigenvalue weighted by molar-refractivity contribution is 0.0968. The molecule has 0 saturated carbocycles. The van der Waals surface area contributed by atoms with Crippen LogP contribution in [-0.2, 0) is 4.84 Å². The second kappa shape index (κ2) is 5.01. The Morgan fingerprint density at radius 1 is 1.80 bits per heavy atom. The summed E-state index contributed by atoms with van der Waals surface area (Å²) in [5.41, 5.74) is 0. The minimum Gasteiger partial charge on any atom is -0.395 e. The smallest absolute Gasteiger partial charge is 0.395 e. The number of likely N-dealkylation sites (N-methyl/N-ethyl adjacent to an activating group) is 1. The first-order valence-corrected chi connectivity index (χ1v) is 3.02. The fourth-order valence-electron chi connectivity index (χ4n) is 0.574. The first-order chi connectivity index (χ1) is 4.76. The number of rotatable bonds is 3. The molecular weight excluding hydrogens is 136 g/mol. The maximum atomic E-state index is 10.6. The van der Waals surface area contributed by atoms with Crippen LogP contribution in [0.5, 0.6) is 0 Å². The number of amides is 1. The van der Waals surface area contributed by atoms with Gasteiger partial charge in [0.2, 0.25) is 0 Å². The van der Waals surface area contributed by atoms with Crippen LogP contribution >= 0.6 is 0 Å². The van der Waals surface area contributed by atoms with Crippen LogP contribution in [0.4, 0.5) is 4.79 Å². The van der Waals surface area contributed by atoms with Gasteiger partial charge in [-0.15, -0.1) is 0 Å². The second-order valence-corrected chi connectivity index (χ2v) is 1.69. The molecule has 0 aliphatic heterocycles. The molecular formula is C5H12N2O3. The molecule has 0 aliphatic carbocycles. The third-order valence-electron chi connectivity index (χ3n) is 1.11. The summed E-state index contributed by atoms with van der Waals surface area (Å²) in [6.07, 6.45) is -0.614. The predicted molar refractivity (Wildman–Crippen MR) is 35.0 cm³/mol. The van der Waals surface area contributed by atoms with E-state index in [1.54, 1.807) is 6.92 Å². The van der Waals surface area contributed by atoms with E-state index in [1.165, 1.54) is 4.90 Å². The van der Waals surface area contributed by atoms with Gasteiger partial charge in [-0.25, -0.2) is 4.79 Å². The van der Waals surface area contributed by atoms with Crippen LogP contribution in [0.25, 0.3) is 0 Å². The highest BCUT2D eigenvalue weighted by Crippen LogP contribution is 1.88. The molecule has 0 bridgehead atoms. The Morgan fingerprint density at radius 2 is 2.40 bits per heavy atom. The molecule has 1 amide bonds. The minimum absolute atomic E-state index is 0.0804. The van der Waals surface area contributed by atoms with Crippen LogP contribution < -0.4 is 5.90 Å². The van der Waals surface area contributed by atoms with Crippen molar-refractivity contribution in [3.63, 3.8) is 0 Å². The van der Waals surface area contributed by atoms with E-state index in [4.69, 9.17) is 5.11 Å². The summed E-state index contributed by atoms with van der Waals surface area (Å²) in [6, 6.07) is 0. The highest BCUT2D eigenvalue weighted by molar-refractivity contribution is 5.66. The van der Waals surface area contributed by atoms with Crippen molar-refractivity contribution in [2.75, 3.05) is 19.7 Å². The quantitative estimate of drug-likeness (QED) is 0.519. The summed E-state index contributed by atoms with van der Waals surface area (Å²) in [7, 11) is 0. The van der Waals surface area contributed by atoms with Crippen LogP contribution in [0.15, 0.2) is 0 Å². The average Bonchev–Trinajstić information content (AvgIpc) is 1.99. The lowest BCUT2D eigenvalue weighted by Crippen LogP contribution is -2.35. The highest BCUT2D eigenvalue weighted by atomic mass is 16.7. The molecule has 0 aromatic rings. The Labute approximate surface area is 59.3 Å². The standard InChI is InChI=1S/C5H12N2O3/c1-2-7(3-4-8)5(9)10-6/h8H,2-4,6H2,1H3. The largest absolute Gasteiger partial charge is 0.428 e. The van der Waals surface area contributed by atoms with Crippen LogP contribution in [0, 0.1) is 0 Å². The van der Waals surface area contributed by atoms with Gasteiger partial charge in [0.25, 0.3) is 0 Å². The molecule has 60 valence electrons. The topological polar surface area (TPSA) is 75.8 Å². The van der Waals surface area contributed by atoms with Crippen molar-refractivity contribution in [2.45, 2.75) is 6.92 Å². The lowest BCUT2D eigenvalue weighted by atomic mass is 10.5. The van der Waals surface area contributed by atoms with Crippen molar-refractivity contribution >= 4 is 6.09 Å². The van der Waals surface area contributed by atoms with E-state index in [9.17, 15) is 4.79 Å². The summed E-state index contributed by atoms with van der Waals surface area (Å²) in [4.78, 5) is 15.8. The van der Waals surface area contributed by atoms with Gasteiger partial charge >= 0.3 is 6.09 Å². The number of carbonyl (C=O) groups excluding carboxylic acids is 1. The van der Waals surface area contributed by atoms with Gasteiger partial charge in [0.05, 0.1) is 6.61 Å². The lowest BCUT2D eigenvalue weighted by Gasteiger charge is -2.16. The van der Waals surface area contributed by atoms with Gasteiger partial charge in [0, 0.05) is 13.1 Å². The zero-order chi connectivity index (χ0) is 7.98. The number of carbonyl (C=O) groups is 1. The normalized spacial score (nSPS) is 9.10. The number of hydrogen-bond donors (Lipinski definition) is 2. The molecule has 0 fully saturated rings. The van der Waals surface area contributed by atoms with E-state index in [-0.39, 0.29) is 13.2 Å². The van der Waals surface area contributed by atoms with Gasteiger partial charge in [-0.1, -0.05) is 0 Å². The summed E-state index contributed by atoms with van der Waals surface area (Å²) in [5, 5.41) is 8.42. The number of aliphatic hydroxyl groups excluding tert-OH is 1. The molecule has 10 heavy (non-hydrogen) atoms. The molecule has 0 aromatic carbocycles. The van der Waals surface area contributed by atoms with E-state index in [0.29, 0.717) is 6.54 Å². The highest BCUT2D eigenvalue weighted by Gasteiger charge is 2.09. The maximum Gasteiger partial charge on any atom is 0.428 e. The van der Waals surface area contributed by atoms with E-state index in [0.717, 1.165) is 0 Å². The Morgan fingerprint density at radius 3 is 2.70 bits per heavy atom. The van der Waals surface area contributed by atoms with Crippen LogP contribution in [0.3, 0.4) is 0 Å². The van der Waals surface area contributed by atoms with Crippen molar-refractivity contribution in [3.05, 3.63) is 0 Å². The fraction of sp³-hybridized carbons (Fsp3) is 0.800. The second-order valence-electron chi connectivity index (χ2n) is 1.69. The Hall–Kier alpha value is -0.810. The van der Waals surface area contributed by atoms with Gasteiger partial charge < -0.3 is 14.8 Å². The molecule has 5 nitrogen and oxygen atoms in total. The summed E-state index contributed by atoms with van der Waals surface area (Å²) in [5.74, 6) is 4.61. The third-order valence-corrected chi connectivity index (χ3v) is 1.11. The zero-order valence-corrected chi connectivity index (χ0v) is 5.91. The fourth-order valence-corrected chi connectivity index (χ4v) is 0.574. The van der Waals surface area contributed by atoms with Gasteiger partial charge in [-0.05, 0) is 6.92 Å². The molecule has 0 saturated heterocycles. The van der Waals surface area contributed by atoms with Gasteiger partial charge in [0.15, 0.2) is 0 Å². The molecule has 0 radical (unpaired) electrons. The average molecular weight is 148 g/mol. The van der Waals surface area contributed by atoms with E-state index >= 15 is 0 Å². The first kappa shape index (κ1) is 9.19. The third kappa shape index (κ3) is 2.65. The summed E-state index contributed by atoms with van der Waals surface area (Å²) >= 11 is 0. The number of nitrogens with zero attached hydrogens (tertiary/aromatic N) is 1. The van der Waals surface area contributed by atoms with Crippen molar-refractivity contribution in [1.29, 1.82) is 0 Å². The van der Waals surface area contributed by atoms with Gasteiger partial charge in [-0.3, -0.25) is 0 Å². The van der Waals surface area contributed by atoms with Gasteiger partial charge in [-0.2, -0.15) is 5.90 Å². The minimum atomic E-state index is -0.614. The molecule has 0 rings (SSSR count). The van der Waals surface area contributed by atoms with E-state index in [2.05, 4.69) is 10.7 Å². The van der Waals surface area contributed by atoms with E-state index in [1.807, 2.05) is 0 Å². The first-order valence-electron chi connectivity index (χ1n) is 3.02. The molecule has 0 aliphatic rings. The molecule has 0 spiro atoms. The monoisotopic (exact) mass is 148 g/mol. The van der Waals surface area contributed by atoms with E-state index < -0.39 is 6.09 Å². The molecule has 0 unspecified atom stereocenters. The molecule has 0 heterocycles. The van der Waals surface area contributed by atoms with Crippen LogP contribution in [-0.4, -0.2) is 35.8 Å². The number of aliphatic hydroxyl groups is 1. The van der Waals surface area contributed by atoms with Crippen molar-refractivity contribution < 1.29 is 14.7 Å². The Balaban J connectivity index is 3.68. The SMILES string of the molecule is CCN(CCO)C(=O)ON. The van der Waals surface area contributed by atoms with Crippen molar-refractivity contribution in [3.8, 4) is 0 Å². The summed E-state index contributed by atoms with van der Waals surface area (Å²) < 4.78 is 0. The van der Waals surface area contributed by atoms with Gasteiger partial charge in [0.1, 0.15) is 0 Å². The number of hydrogen-bond acceptors (Lipinski definition) is 4. The zero-order valence-electron chi connectivity index (χ0n) is 5.91. The molecule has 3 N–H and O–H groups in total. The Kier molecular flexibility index (Phi) is 4.61. The number of nitrogens with two attached hydrogens (primary N) is 1. The molecule has 5 heteroatoms. The molecule has 0 aromatic heterocycles. The molecule has 0 atom stereocenters. The van der Waals surface area contributed by atoms with Crippen molar-refractivity contribution in [1.82, 2.24) is 4.90 Å². The van der Waals surface area contributed by atoms with Crippen molar-refractivity contribution in [2.24, 2.45) is 5.90 Å². The summed E-state index contributed by atoms with van der Waals surface area (Å²) in [6.45, 7) is 2.43. The van der Waals surface area contributed by atoms with Crippen LogP contribution in [0.1, 0.15) is 6.92 Å². The predicted octanol–water partition coefficient (Wildman–Crippen LogP) is -0.689.